The molecule has 1 atom stereocenters. The SMILES string of the molecule is C=C/C=C(\C=C1/COCC(=O)N1)CN[C@@H](CCC)CCCC(=O)NC1=CC=Nc2ccc(OC)nc2C1. The van der Waals surface area contributed by atoms with Crippen molar-refractivity contribution in [2.24, 2.45) is 4.99 Å². The van der Waals surface area contributed by atoms with E-state index in [0.717, 1.165) is 54.0 Å². The van der Waals surface area contributed by atoms with Crippen LogP contribution in [-0.2, 0) is 20.7 Å². The van der Waals surface area contributed by atoms with Crippen LogP contribution in [0.15, 0.2) is 65.0 Å². The number of ether oxygens (including phenoxy) is 2. The lowest BCUT2D eigenvalue weighted by Gasteiger charge is -2.20. The molecule has 1 aromatic rings. The number of aliphatic imine (C=N–C) groups is 1. The number of morpholine rings is 1. The van der Waals surface area contributed by atoms with Crippen LogP contribution in [0.1, 0.15) is 44.7 Å². The minimum Gasteiger partial charge on any atom is -0.481 e. The molecule has 0 bridgehead atoms. The Morgan fingerprint density at radius 3 is 2.95 bits per heavy atom. The van der Waals surface area contributed by atoms with E-state index in [4.69, 9.17) is 9.47 Å². The second-order valence-corrected chi connectivity index (χ2v) is 8.96. The van der Waals surface area contributed by atoms with Gasteiger partial charge in [-0.1, -0.05) is 32.1 Å². The van der Waals surface area contributed by atoms with E-state index in [9.17, 15) is 9.59 Å². The molecule has 0 aliphatic carbocycles. The van der Waals surface area contributed by atoms with Gasteiger partial charge in [-0.2, -0.15) is 0 Å². The predicted octanol–water partition coefficient (Wildman–Crippen LogP) is 3.42. The zero-order chi connectivity index (χ0) is 26.5. The number of rotatable bonds is 13. The monoisotopic (exact) mass is 507 g/mol. The van der Waals surface area contributed by atoms with E-state index >= 15 is 0 Å². The number of fused-ring (bicyclic) bond motifs is 1. The highest BCUT2D eigenvalue weighted by molar-refractivity contribution is 5.82. The zero-order valence-electron chi connectivity index (χ0n) is 21.7. The number of hydrogen-bond donors (Lipinski definition) is 3. The van der Waals surface area contributed by atoms with Crippen LogP contribution < -0.4 is 20.7 Å². The summed E-state index contributed by atoms with van der Waals surface area (Å²) in [6, 6.07) is 3.91. The fraction of sp³-hybridized carbons (Fsp3) is 0.429. The molecule has 1 saturated heterocycles. The molecule has 2 amide bonds. The first-order chi connectivity index (χ1) is 18.0. The fourth-order valence-electron chi connectivity index (χ4n) is 4.19. The molecule has 198 valence electrons. The first-order valence-electron chi connectivity index (χ1n) is 12.7. The third kappa shape index (κ3) is 9.44. The van der Waals surface area contributed by atoms with Gasteiger partial charge in [0.25, 0.3) is 0 Å². The summed E-state index contributed by atoms with van der Waals surface area (Å²) in [5.74, 6) is 0.360. The third-order valence-electron chi connectivity index (χ3n) is 5.95. The summed E-state index contributed by atoms with van der Waals surface area (Å²) in [6.45, 7) is 7.05. The molecule has 2 aliphatic rings. The smallest absolute Gasteiger partial charge is 0.250 e. The largest absolute Gasteiger partial charge is 0.481 e. The van der Waals surface area contributed by atoms with Gasteiger partial charge in [-0.25, -0.2) is 4.98 Å². The molecule has 9 heteroatoms. The summed E-state index contributed by atoms with van der Waals surface area (Å²) in [6.07, 6.45) is 13.7. The van der Waals surface area contributed by atoms with Crippen LogP contribution in [0.2, 0.25) is 0 Å². The van der Waals surface area contributed by atoms with Crippen molar-refractivity contribution in [2.75, 3.05) is 26.9 Å². The summed E-state index contributed by atoms with van der Waals surface area (Å²) in [5, 5.41) is 9.45. The topological polar surface area (TPSA) is 114 Å². The predicted molar refractivity (Wildman–Crippen MR) is 145 cm³/mol. The van der Waals surface area contributed by atoms with Crippen LogP contribution in [-0.4, -0.2) is 55.9 Å². The highest BCUT2D eigenvalue weighted by atomic mass is 16.5. The van der Waals surface area contributed by atoms with Crippen molar-refractivity contribution in [3.63, 3.8) is 0 Å². The first kappa shape index (κ1) is 28.0. The lowest BCUT2D eigenvalue weighted by molar-refractivity contribution is -0.127. The van der Waals surface area contributed by atoms with Crippen LogP contribution in [0, 0.1) is 0 Å². The number of allylic oxidation sites excluding steroid dienone is 4. The molecule has 9 nitrogen and oxygen atoms in total. The van der Waals surface area contributed by atoms with E-state index in [1.807, 2.05) is 24.3 Å². The lowest BCUT2D eigenvalue weighted by atomic mass is 10.0. The summed E-state index contributed by atoms with van der Waals surface area (Å²) in [4.78, 5) is 33.1. The maximum absolute atomic E-state index is 12.7. The van der Waals surface area contributed by atoms with Gasteiger partial charge in [-0.05, 0) is 43.1 Å². The number of hydrogen-bond acceptors (Lipinski definition) is 7. The quantitative estimate of drug-likeness (QED) is 0.353. The third-order valence-corrected chi connectivity index (χ3v) is 5.95. The van der Waals surface area contributed by atoms with Gasteiger partial charge in [-0.15, -0.1) is 0 Å². The Bertz CT molecular complexity index is 1090. The molecule has 2 aliphatic heterocycles. The van der Waals surface area contributed by atoms with Gasteiger partial charge in [0.15, 0.2) is 0 Å². The Morgan fingerprint density at radius 1 is 1.32 bits per heavy atom. The number of aromatic nitrogens is 1. The average molecular weight is 508 g/mol. The van der Waals surface area contributed by atoms with Crippen molar-refractivity contribution in [2.45, 2.75) is 51.5 Å². The molecule has 0 unspecified atom stereocenters. The normalized spacial score (nSPS) is 17.4. The van der Waals surface area contributed by atoms with E-state index in [1.165, 1.54) is 0 Å². The number of amides is 2. The molecule has 3 heterocycles. The van der Waals surface area contributed by atoms with Crippen molar-refractivity contribution in [1.29, 1.82) is 0 Å². The van der Waals surface area contributed by atoms with E-state index in [0.29, 0.717) is 31.9 Å². The highest BCUT2D eigenvalue weighted by Crippen LogP contribution is 2.24. The number of methoxy groups -OCH3 is 1. The zero-order valence-corrected chi connectivity index (χ0v) is 21.7. The molecule has 3 N–H and O–H groups in total. The Labute approximate surface area is 218 Å². The van der Waals surface area contributed by atoms with Crippen LogP contribution in [0.4, 0.5) is 5.69 Å². The first-order valence-corrected chi connectivity index (χ1v) is 12.7. The molecular weight excluding hydrogens is 470 g/mol. The van der Waals surface area contributed by atoms with E-state index < -0.39 is 0 Å². The molecule has 1 aromatic heterocycles. The number of nitrogens with zero attached hydrogens (tertiary/aromatic N) is 2. The summed E-state index contributed by atoms with van der Waals surface area (Å²) in [5.41, 5.74) is 4.05. The lowest BCUT2D eigenvalue weighted by Crippen LogP contribution is -2.35. The van der Waals surface area contributed by atoms with Crippen LogP contribution >= 0.6 is 0 Å². The molecule has 0 saturated carbocycles. The van der Waals surface area contributed by atoms with Gasteiger partial charge in [-0.3, -0.25) is 14.6 Å². The van der Waals surface area contributed by atoms with Gasteiger partial charge in [0.05, 0.1) is 25.1 Å². The highest BCUT2D eigenvalue weighted by Gasteiger charge is 2.15. The van der Waals surface area contributed by atoms with Gasteiger partial charge < -0.3 is 25.4 Å². The van der Waals surface area contributed by atoms with Gasteiger partial charge in [0.2, 0.25) is 17.7 Å². The second kappa shape index (κ2) is 14.9. The van der Waals surface area contributed by atoms with Crippen LogP contribution in [0.5, 0.6) is 5.88 Å². The average Bonchev–Trinajstić information content (AvgIpc) is 3.08. The number of nitrogens with one attached hydrogen (secondary N) is 3. The van der Waals surface area contributed by atoms with Crippen molar-refractivity contribution in [3.8, 4) is 5.88 Å². The maximum Gasteiger partial charge on any atom is 0.250 e. The van der Waals surface area contributed by atoms with Crippen molar-refractivity contribution in [1.82, 2.24) is 20.9 Å². The second-order valence-electron chi connectivity index (χ2n) is 8.96. The fourth-order valence-corrected chi connectivity index (χ4v) is 4.19. The Kier molecular flexibility index (Phi) is 11.3. The molecule has 1 fully saturated rings. The number of carbonyl (C=O) groups excluding carboxylic acids is 2. The molecule has 0 spiro atoms. The van der Waals surface area contributed by atoms with Crippen LogP contribution in [0.3, 0.4) is 0 Å². The van der Waals surface area contributed by atoms with Crippen molar-refractivity contribution < 1.29 is 19.1 Å². The van der Waals surface area contributed by atoms with E-state index in [1.54, 1.807) is 25.5 Å². The Hall–Kier alpha value is -3.56. The minimum absolute atomic E-state index is 0.0220. The Balaban J connectivity index is 1.47. The standard InChI is InChI=1S/C28H37N5O4/c1-4-7-20(15-23-18-37-19-27(35)32-23)17-30-21(8-5-2)9-6-10-26(34)31-22-13-14-29-24-11-12-28(36-3)33-25(24)16-22/h4,7,11-15,21,30H,1,5-6,8-10,16-19H2,2-3H3,(H,31,34)(H,32,35)/b20-7+,23-15+/t21-/m0/s1. The van der Waals surface area contributed by atoms with Gasteiger partial charge in [0, 0.05) is 49.1 Å². The molecule has 37 heavy (non-hydrogen) atoms. The van der Waals surface area contributed by atoms with Crippen LogP contribution in [0.25, 0.3) is 0 Å². The van der Waals surface area contributed by atoms with Crippen molar-refractivity contribution in [3.05, 3.63) is 65.7 Å². The molecule has 0 aromatic carbocycles. The van der Waals surface area contributed by atoms with Gasteiger partial charge in [0.1, 0.15) is 6.61 Å². The maximum atomic E-state index is 12.7. The number of carbonyl (C=O) groups is 2. The summed E-state index contributed by atoms with van der Waals surface area (Å²) >= 11 is 0. The van der Waals surface area contributed by atoms with E-state index in [-0.39, 0.29) is 24.5 Å². The summed E-state index contributed by atoms with van der Waals surface area (Å²) < 4.78 is 10.5. The molecule has 0 radical (unpaired) electrons. The van der Waals surface area contributed by atoms with Crippen molar-refractivity contribution >= 4 is 23.7 Å². The minimum atomic E-state index is -0.141. The van der Waals surface area contributed by atoms with E-state index in [2.05, 4.69) is 39.4 Å². The van der Waals surface area contributed by atoms with Gasteiger partial charge >= 0.3 is 0 Å². The molecular formula is C28H37N5O4. The summed E-state index contributed by atoms with van der Waals surface area (Å²) in [7, 11) is 1.58. The Morgan fingerprint density at radius 2 is 2.19 bits per heavy atom. The number of pyridine rings is 1. The molecule has 3 rings (SSSR count).